The summed E-state index contributed by atoms with van der Waals surface area (Å²) in [5, 5.41) is 18.5. The molecule has 2 N–H and O–H groups in total. The van der Waals surface area contributed by atoms with Crippen molar-refractivity contribution in [3.63, 3.8) is 0 Å². The zero-order valence-corrected chi connectivity index (χ0v) is 11.9. The third kappa shape index (κ3) is 5.22. The van der Waals surface area contributed by atoms with Gasteiger partial charge in [-0.1, -0.05) is 20.8 Å². The molecular formula is C14H28O4. The van der Waals surface area contributed by atoms with Crippen molar-refractivity contribution < 1.29 is 19.7 Å². The summed E-state index contributed by atoms with van der Waals surface area (Å²) >= 11 is 0. The zero-order chi connectivity index (χ0) is 13.6. The fourth-order valence-corrected chi connectivity index (χ4v) is 2.50. The predicted molar refractivity (Wildman–Crippen MR) is 70.4 cm³/mol. The molecule has 1 aliphatic rings. The minimum absolute atomic E-state index is 0.0398. The third-order valence-corrected chi connectivity index (χ3v) is 3.78. The van der Waals surface area contributed by atoms with Crippen molar-refractivity contribution in [1.82, 2.24) is 0 Å². The van der Waals surface area contributed by atoms with Gasteiger partial charge in [0.1, 0.15) is 0 Å². The molecule has 1 aliphatic carbocycles. The lowest BCUT2D eigenvalue weighted by atomic mass is 9.71. The molecule has 0 aromatic heterocycles. The van der Waals surface area contributed by atoms with Crippen LogP contribution < -0.4 is 0 Å². The molecule has 0 spiro atoms. The van der Waals surface area contributed by atoms with E-state index in [9.17, 15) is 5.11 Å². The number of hydrogen-bond acceptors (Lipinski definition) is 4. The molecule has 4 nitrogen and oxygen atoms in total. The third-order valence-electron chi connectivity index (χ3n) is 3.78. The van der Waals surface area contributed by atoms with E-state index in [2.05, 4.69) is 20.8 Å². The van der Waals surface area contributed by atoms with E-state index in [-0.39, 0.29) is 24.2 Å². The van der Waals surface area contributed by atoms with E-state index in [1.165, 1.54) is 0 Å². The molecule has 0 amide bonds. The first kappa shape index (κ1) is 15.9. The Kier molecular flexibility index (Phi) is 6.57. The Hall–Kier alpha value is -0.160. The highest BCUT2D eigenvalue weighted by molar-refractivity contribution is 4.86. The first-order chi connectivity index (χ1) is 8.45. The molecule has 0 aromatic carbocycles. The van der Waals surface area contributed by atoms with Crippen LogP contribution in [0.5, 0.6) is 0 Å². The summed E-state index contributed by atoms with van der Waals surface area (Å²) in [7, 11) is 0. The molecule has 0 bridgehead atoms. The van der Waals surface area contributed by atoms with Crippen LogP contribution in [0.15, 0.2) is 0 Å². The van der Waals surface area contributed by atoms with Gasteiger partial charge in [0.05, 0.1) is 38.6 Å². The minimum atomic E-state index is -0.346. The van der Waals surface area contributed by atoms with E-state index in [1.54, 1.807) is 0 Å². The Morgan fingerprint density at radius 2 is 1.83 bits per heavy atom. The largest absolute Gasteiger partial charge is 0.394 e. The molecule has 0 radical (unpaired) electrons. The molecule has 3 unspecified atom stereocenters. The monoisotopic (exact) mass is 260 g/mol. The Labute approximate surface area is 110 Å². The van der Waals surface area contributed by atoms with Gasteiger partial charge in [-0.3, -0.25) is 0 Å². The first-order valence-corrected chi connectivity index (χ1v) is 6.93. The number of hydrogen-bond donors (Lipinski definition) is 2. The second-order valence-electron chi connectivity index (χ2n) is 6.19. The first-order valence-electron chi connectivity index (χ1n) is 6.93. The van der Waals surface area contributed by atoms with E-state index >= 15 is 0 Å². The van der Waals surface area contributed by atoms with Crippen molar-refractivity contribution in [2.45, 2.75) is 52.2 Å². The number of rotatable bonds is 6. The number of aliphatic hydroxyl groups excluding tert-OH is 2. The quantitative estimate of drug-likeness (QED) is 0.712. The summed E-state index contributed by atoms with van der Waals surface area (Å²) in [6, 6.07) is 0. The van der Waals surface area contributed by atoms with Crippen LogP contribution in [0.2, 0.25) is 0 Å². The lowest BCUT2D eigenvalue weighted by molar-refractivity contribution is -0.0956. The lowest BCUT2D eigenvalue weighted by Crippen LogP contribution is -2.40. The van der Waals surface area contributed by atoms with Gasteiger partial charge in [0.15, 0.2) is 0 Å². The Bertz CT molecular complexity index is 224. The van der Waals surface area contributed by atoms with Crippen molar-refractivity contribution in [3.05, 3.63) is 0 Å². The molecule has 0 heterocycles. The van der Waals surface area contributed by atoms with Gasteiger partial charge in [-0.05, 0) is 30.6 Å². The summed E-state index contributed by atoms with van der Waals surface area (Å²) in [6.07, 6.45) is 2.41. The van der Waals surface area contributed by atoms with Crippen molar-refractivity contribution in [3.8, 4) is 0 Å². The van der Waals surface area contributed by atoms with Crippen molar-refractivity contribution in [2.24, 2.45) is 11.3 Å². The average Bonchev–Trinajstić information content (AvgIpc) is 2.29. The molecule has 1 fully saturated rings. The maximum absolute atomic E-state index is 9.95. The maximum Gasteiger partial charge on any atom is 0.0837 e. The molecule has 108 valence electrons. The molecule has 18 heavy (non-hydrogen) atoms. The van der Waals surface area contributed by atoms with Gasteiger partial charge >= 0.3 is 0 Å². The van der Waals surface area contributed by atoms with Crippen LogP contribution in [0, 0.1) is 11.3 Å². The Balaban J connectivity index is 2.29. The predicted octanol–water partition coefficient (Wildman–Crippen LogP) is 1.59. The topological polar surface area (TPSA) is 58.9 Å². The van der Waals surface area contributed by atoms with E-state index in [0.717, 1.165) is 19.3 Å². The Morgan fingerprint density at radius 3 is 2.44 bits per heavy atom. The van der Waals surface area contributed by atoms with E-state index in [4.69, 9.17) is 14.6 Å². The maximum atomic E-state index is 9.95. The second kappa shape index (κ2) is 7.43. The van der Waals surface area contributed by atoms with Gasteiger partial charge < -0.3 is 19.7 Å². The molecule has 3 atom stereocenters. The summed E-state index contributed by atoms with van der Waals surface area (Å²) < 4.78 is 10.9. The van der Waals surface area contributed by atoms with Crippen molar-refractivity contribution in [2.75, 3.05) is 26.4 Å². The summed E-state index contributed by atoms with van der Waals surface area (Å²) in [5.74, 6) is 0.601. The second-order valence-corrected chi connectivity index (χ2v) is 6.19. The van der Waals surface area contributed by atoms with E-state index in [0.29, 0.717) is 25.7 Å². The van der Waals surface area contributed by atoms with Gasteiger partial charge in [0.25, 0.3) is 0 Å². The fourth-order valence-electron chi connectivity index (χ4n) is 2.50. The van der Waals surface area contributed by atoms with Gasteiger partial charge in [-0.25, -0.2) is 0 Å². The summed E-state index contributed by atoms with van der Waals surface area (Å²) in [6.45, 7) is 8.09. The molecule has 1 saturated carbocycles. The van der Waals surface area contributed by atoms with Crippen LogP contribution >= 0.6 is 0 Å². The number of ether oxygens (including phenoxy) is 2. The average molecular weight is 260 g/mol. The van der Waals surface area contributed by atoms with Gasteiger partial charge in [0.2, 0.25) is 0 Å². The minimum Gasteiger partial charge on any atom is -0.394 e. The normalized spacial score (nSPS) is 29.5. The van der Waals surface area contributed by atoms with Gasteiger partial charge in [-0.2, -0.15) is 0 Å². The number of aliphatic hydroxyl groups is 2. The molecule has 0 saturated heterocycles. The van der Waals surface area contributed by atoms with Crippen LogP contribution in [-0.2, 0) is 9.47 Å². The zero-order valence-electron chi connectivity index (χ0n) is 11.9. The highest BCUT2D eigenvalue weighted by Gasteiger charge is 2.35. The highest BCUT2D eigenvalue weighted by atomic mass is 16.5. The van der Waals surface area contributed by atoms with Crippen LogP contribution in [0.1, 0.15) is 40.0 Å². The SMILES string of the molecule is CC(C)(C)C1CCC(O)C(OCCOCCO)C1. The van der Waals surface area contributed by atoms with E-state index in [1.807, 2.05) is 0 Å². The van der Waals surface area contributed by atoms with Crippen LogP contribution in [-0.4, -0.2) is 48.8 Å². The molecule has 4 heteroatoms. The molecule has 0 aromatic rings. The van der Waals surface area contributed by atoms with Crippen molar-refractivity contribution in [1.29, 1.82) is 0 Å². The van der Waals surface area contributed by atoms with Crippen LogP contribution in [0.4, 0.5) is 0 Å². The van der Waals surface area contributed by atoms with Crippen molar-refractivity contribution >= 4 is 0 Å². The highest BCUT2D eigenvalue weighted by Crippen LogP contribution is 2.38. The van der Waals surface area contributed by atoms with E-state index < -0.39 is 0 Å². The van der Waals surface area contributed by atoms with Crippen LogP contribution in [0.3, 0.4) is 0 Å². The Morgan fingerprint density at radius 1 is 1.11 bits per heavy atom. The van der Waals surface area contributed by atoms with Gasteiger partial charge in [-0.15, -0.1) is 0 Å². The molecular weight excluding hydrogens is 232 g/mol. The summed E-state index contributed by atoms with van der Waals surface area (Å²) in [5.41, 5.74) is 0.273. The lowest BCUT2D eigenvalue weighted by Gasteiger charge is -2.39. The molecule has 1 rings (SSSR count). The fraction of sp³-hybridized carbons (Fsp3) is 1.00. The summed E-state index contributed by atoms with van der Waals surface area (Å²) in [4.78, 5) is 0. The molecule has 0 aliphatic heterocycles. The van der Waals surface area contributed by atoms with Gasteiger partial charge in [0, 0.05) is 0 Å². The standard InChI is InChI=1S/C14H28O4/c1-14(2,3)11-4-5-12(16)13(10-11)18-9-8-17-7-6-15/h11-13,15-16H,4-10H2,1-3H3. The smallest absolute Gasteiger partial charge is 0.0837 e. The van der Waals surface area contributed by atoms with Crippen LogP contribution in [0.25, 0.3) is 0 Å².